The van der Waals surface area contributed by atoms with Crippen LogP contribution in [0.25, 0.3) is 0 Å². The maximum atomic E-state index is 11.8. The number of aromatic hydroxyl groups is 2. The van der Waals surface area contributed by atoms with Gasteiger partial charge in [-0.1, -0.05) is 12.1 Å². The number of anilines is 3. The molecule has 3 rings (SSSR count). The van der Waals surface area contributed by atoms with Gasteiger partial charge in [-0.25, -0.2) is 0 Å². The summed E-state index contributed by atoms with van der Waals surface area (Å²) in [5, 5.41) is 24.7. The summed E-state index contributed by atoms with van der Waals surface area (Å²) in [6, 6.07) is 11.3. The van der Waals surface area contributed by atoms with Gasteiger partial charge in [0, 0.05) is 12.2 Å². The van der Waals surface area contributed by atoms with E-state index >= 15 is 0 Å². The van der Waals surface area contributed by atoms with Gasteiger partial charge in [-0.05, 0) is 48.4 Å². The van der Waals surface area contributed by atoms with E-state index in [9.17, 15) is 19.8 Å². The number of hydrogen-bond donors (Lipinski definition) is 4. The summed E-state index contributed by atoms with van der Waals surface area (Å²) in [4.78, 5) is 23.6. The smallest absolute Gasteiger partial charge is 0.253 e. The van der Waals surface area contributed by atoms with Crippen LogP contribution in [0.2, 0.25) is 0 Å². The quantitative estimate of drug-likeness (QED) is 0.425. The molecule has 0 saturated carbocycles. The van der Waals surface area contributed by atoms with Crippen LogP contribution in [0, 0.1) is 6.92 Å². The molecule has 122 valence electrons. The molecule has 0 aliphatic rings. The molecule has 0 unspecified atom stereocenters. The average molecular weight is 324 g/mol. The molecular weight excluding hydrogens is 308 g/mol. The number of phenolic OH excluding ortho intramolecular Hbond substituents is 2. The zero-order valence-corrected chi connectivity index (χ0v) is 13.0. The summed E-state index contributed by atoms with van der Waals surface area (Å²) in [6.45, 7) is 2.09. The maximum absolute atomic E-state index is 11.8. The Morgan fingerprint density at radius 3 is 2.33 bits per heavy atom. The zero-order valence-electron chi connectivity index (χ0n) is 13.0. The highest BCUT2D eigenvalue weighted by Gasteiger charge is 2.21. The van der Waals surface area contributed by atoms with Crippen LogP contribution < -0.4 is 21.5 Å². The third kappa shape index (κ3) is 2.94. The molecule has 0 saturated heterocycles. The molecule has 0 atom stereocenters. The molecule has 3 aromatic carbocycles. The Balaban J connectivity index is 1.80. The second-order valence-electron chi connectivity index (χ2n) is 5.56. The summed E-state index contributed by atoms with van der Waals surface area (Å²) >= 11 is 0. The van der Waals surface area contributed by atoms with Gasteiger partial charge in [0.05, 0.1) is 0 Å². The molecule has 24 heavy (non-hydrogen) atoms. The van der Waals surface area contributed by atoms with Gasteiger partial charge >= 0.3 is 0 Å². The van der Waals surface area contributed by atoms with Crippen LogP contribution in [0.5, 0.6) is 11.5 Å². The molecule has 0 bridgehead atoms. The normalized spacial score (nSPS) is 10.7. The first kappa shape index (κ1) is 15.6. The van der Waals surface area contributed by atoms with Gasteiger partial charge in [0.1, 0.15) is 22.9 Å². The van der Waals surface area contributed by atoms with Gasteiger partial charge in [0.15, 0.2) is 0 Å². The Kier molecular flexibility index (Phi) is 3.95. The predicted octanol–water partition coefficient (Wildman–Crippen LogP) is 2.36. The van der Waals surface area contributed by atoms with E-state index in [2.05, 4.69) is 10.6 Å². The standard InChI is InChI=1S/C18H16N2O4/c1-10-7-13(22)5-6-14(10)20-16-15(17(23)18(16)24)19-9-11-3-2-4-12(21)8-11/h2-8,19-22H,9H2,1H3. The number of rotatable bonds is 5. The summed E-state index contributed by atoms with van der Waals surface area (Å²) in [6.07, 6.45) is 0. The van der Waals surface area contributed by atoms with E-state index in [4.69, 9.17) is 0 Å². The van der Waals surface area contributed by atoms with Crippen molar-refractivity contribution in [2.24, 2.45) is 0 Å². The summed E-state index contributed by atoms with van der Waals surface area (Å²) in [7, 11) is 0. The summed E-state index contributed by atoms with van der Waals surface area (Å²) in [5.74, 6) is 0.266. The molecule has 0 fully saturated rings. The second kappa shape index (κ2) is 6.08. The van der Waals surface area contributed by atoms with Crippen LogP contribution in [0.4, 0.5) is 17.1 Å². The Bertz CT molecular complexity index is 972. The lowest BCUT2D eigenvalue weighted by molar-refractivity contribution is 0.474. The van der Waals surface area contributed by atoms with Crippen LogP contribution in [0.3, 0.4) is 0 Å². The number of nitrogens with one attached hydrogen (secondary N) is 2. The van der Waals surface area contributed by atoms with Crippen molar-refractivity contribution in [3.63, 3.8) is 0 Å². The van der Waals surface area contributed by atoms with Crippen molar-refractivity contribution in [3.8, 4) is 11.5 Å². The van der Waals surface area contributed by atoms with E-state index in [1.54, 1.807) is 43.3 Å². The fraction of sp³-hybridized carbons (Fsp3) is 0.111. The van der Waals surface area contributed by atoms with Crippen LogP contribution in [-0.4, -0.2) is 10.2 Å². The van der Waals surface area contributed by atoms with Gasteiger partial charge in [0.2, 0.25) is 0 Å². The van der Waals surface area contributed by atoms with Crippen LogP contribution in [0.15, 0.2) is 52.1 Å². The van der Waals surface area contributed by atoms with Gasteiger partial charge in [0.25, 0.3) is 10.9 Å². The SMILES string of the molecule is Cc1cc(O)ccc1Nc1c(NCc2cccc(O)c2)c(=O)c1=O. The van der Waals surface area contributed by atoms with Crippen molar-refractivity contribution < 1.29 is 10.2 Å². The van der Waals surface area contributed by atoms with Crippen molar-refractivity contribution in [2.75, 3.05) is 10.6 Å². The molecule has 0 aliphatic carbocycles. The lowest BCUT2D eigenvalue weighted by Gasteiger charge is -2.16. The highest BCUT2D eigenvalue weighted by Crippen LogP contribution is 2.26. The van der Waals surface area contributed by atoms with Gasteiger partial charge in [-0.15, -0.1) is 0 Å². The minimum absolute atomic E-state index is 0.130. The van der Waals surface area contributed by atoms with Crippen molar-refractivity contribution in [1.29, 1.82) is 0 Å². The number of aryl methyl sites for hydroxylation is 1. The highest BCUT2D eigenvalue weighted by atomic mass is 16.3. The molecule has 0 aromatic heterocycles. The first-order valence-corrected chi connectivity index (χ1v) is 7.37. The second-order valence-corrected chi connectivity index (χ2v) is 5.56. The molecule has 0 spiro atoms. The van der Waals surface area contributed by atoms with Crippen LogP contribution in [0.1, 0.15) is 11.1 Å². The van der Waals surface area contributed by atoms with Crippen LogP contribution >= 0.6 is 0 Å². The van der Waals surface area contributed by atoms with E-state index < -0.39 is 10.9 Å². The highest BCUT2D eigenvalue weighted by molar-refractivity contribution is 5.79. The average Bonchev–Trinajstić information content (AvgIpc) is 2.55. The minimum Gasteiger partial charge on any atom is -0.508 e. The third-order valence-electron chi connectivity index (χ3n) is 3.76. The fourth-order valence-electron chi connectivity index (χ4n) is 2.46. The molecule has 3 aromatic rings. The number of hydrogen-bond acceptors (Lipinski definition) is 6. The van der Waals surface area contributed by atoms with Crippen molar-refractivity contribution >= 4 is 17.1 Å². The van der Waals surface area contributed by atoms with E-state index in [1.165, 1.54) is 6.07 Å². The Labute approximate surface area is 137 Å². The van der Waals surface area contributed by atoms with Crippen LogP contribution in [-0.2, 0) is 6.54 Å². The molecule has 0 amide bonds. The summed E-state index contributed by atoms with van der Waals surface area (Å²) in [5.41, 5.74) is 1.44. The first-order chi connectivity index (χ1) is 11.5. The molecule has 6 heteroatoms. The number of phenols is 2. The monoisotopic (exact) mass is 324 g/mol. The topological polar surface area (TPSA) is 98.7 Å². The van der Waals surface area contributed by atoms with E-state index in [1.807, 2.05) is 0 Å². The van der Waals surface area contributed by atoms with Gasteiger partial charge < -0.3 is 20.8 Å². The van der Waals surface area contributed by atoms with E-state index in [0.717, 1.165) is 11.1 Å². The lowest BCUT2D eigenvalue weighted by atomic mass is 10.1. The summed E-state index contributed by atoms with van der Waals surface area (Å²) < 4.78 is 0. The van der Waals surface area contributed by atoms with Crippen molar-refractivity contribution in [3.05, 3.63) is 74.0 Å². The molecular formula is C18H16N2O4. The fourth-order valence-corrected chi connectivity index (χ4v) is 2.46. The molecule has 6 nitrogen and oxygen atoms in total. The van der Waals surface area contributed by atoms with Crippen molar-refractivity contribution in [1.82, 2.24) is 0 Å². The molecule has 0 heterocycles. The first-order valence-electron chi connectivity index (χ1n) is 7.37. The lowest BCUT2D eigenvalue weighted by Crippen LogP contribution is -2.36. The van der Waals surface area contributed by atoms with Gasteiger partial charge in [-0.2, -0.15) is 0 Å². The molecule has 0 aliphatic heterocycles. The number of benzene rings is 2. The molecule has 0 radical (unpaired) electrons. The molecule has 4 N–H and O–H groups in total. The Hall–Kier alpha value is -3.28. The van der Waals surface area contributed by atoms with Gasteiger partial charge in [-0.3, -0.25) is 9.59 Å². The van der Waals surface area contributed by atoms with E-state index in [0.29, 0.717) is 12.2 Å². The zero-order chi connectivity index (χ0) is 17.3. The maximum Gasteiger partial charge on any atom is 0.253 e. The predicted molar refractivity (Wildman–Crippen MR) is 92.9 cm³/mol. The van der Waals surface area contributed by atoms with Crippen molar-refractivity contribution in [2.45, 2.75) is 13.5 Å². The Morgan fingerprint density at radius 1 is 0.917 bits per heavy atom. The van der Waals surface area contributed by atoms with E-state index in [-0.39, 0.29) is 22.9 Å². The largest absolute Gasteiger partial charge is 0.508 e. The minimum atomic E-state index is -0.583. The third-order valence-corrected chi connectivity index (χ3v) is 3.76. The Morgan fingerprint density at radius 2 is 1.62 bits per heavy atom.